The molecule has 0 aliphatic heterocycles. The molecular formula is C16H13ClN6. The second-order valence-electron chi connectivity index (χ2n) is 5.33. The summed E-state index contributed by atoms with van der Waals surface area (Å²) in [4.78, 5) is 4.06. The highest BCUT2D eigenvalue weighted by Crippen LogP contribution is 2.34. The van der Waals surface area contributed by atoms with E-state index >= 15 is 0 Å². The minimum absolute atomic E-state index is 0.705. The SMILES string of the molecule is Cc1c(-n2cncn2)c(-c2ccc(Cl)cc2)cc2c1nnn2C. The van der Waals surface area contributed by atoms with Crippen molar-refractivity contribution >= 4 is 22.6 Å². The highest BCUT2D eigenvalue weighted by atomic mass is 35.5. The lowest BCUT2D eigenvalue weighted by Crippen LogP contribution is -2.02. The molecule has 0 spiro atoms. The Morgan fingerprint density at radius 1 is 1.13 bits per heavy atom. The van der Waals surface area contributed by atoms with Crippen molar-refractivity contribution in [3.05, 3.63) is 53.6 Å². The van der Waals surface area contributed by atoms with Gasteiger partial charge < -0.3 is 0 Å². The fraction of sp³-hybridized carbons (Fsp3) is 0.125. The number of fused-ring (bicyclic) bond motifs is 1. The van der Waals surface area contributed by atoms with Gasteiger partial charge in [-0.3, -0.25) is 0 Å². The van der Waals surface area contributed by atoms with E-state index in [0.29, 0.717) is 5.02 Å². The van der Waals surface area contributed by atoms with Crippen LogP contribution in [0.3, 0.4) is 0 Å². The molecule has 0 aliphatic rings. The Hall–Kier alpha value is -2.73. The molecule has 7 heteroatoms. The quantitative estimate of drug-likeness (QED) is 0.568. The fourth-order valence-corrected chi connectivity index (χ4v) is 2.91. The third-order valence-electron chi connectivity index (χ3n) is 3.92. The van der Waals surface area contributed by atoms with Gasteiger partial charge in [-0.1, -0.05) is 28.9 Å². The largest absolute Gasteiger partial charge is 0.248 e. The number of hydrogen-bond acceptors (Lipinski definition) is 4. The molecule has 0 radical (unpaired) electrons. The van der Waals surface area contributed by atoms with Crippen LogP contribution in [-0.4, -0.2) is 29.8 Å². The number of nitrogens with zero attached hydrogens (tertiary/aromatic N) is 6. The Balaban J connectivity index is 2.09. The van der Waals surface area contributed by atoms with Gasteiger partial charge in [0.25, 0.3) is 0 Å². The van der Waals surface area contributed by atoms with Crippen LogP contribution in [0.25, 0.3) is 27.8 Å². The molecule has 0 amide bonds. The molecule has 0 unspecified atom stereocenters. The zero-order chi connectivity index (χ0) is 16.0. The smallest absolute Gasteiger partial charge is 0.138 e. The maximum Gasteiger partial charge on any atom is 0.138 e. The molecular weight excluding hydrogens is 312 g/mol. The van der Waals surface area contributed by atoms with Crippen molar-refractivity contribution in [2.45, 2.75) is 6.92 Å². The lowest BCUT2D eigenvalue weighted by atomic mass is 9.99. The van der Waals surface area contributed by atoms with Gasteiger partial charge in [-0.15, -0.1) is 5.10 Å². The predicted molar refractivity (Wildman–Crippen MR) is 88.6 cm³/mol. The molecule has 2 aromatic heterocycles. The lowest BCUT2D eigenvalue weighted by Gasteiger charge is -2.13. The van der Waals surface area contributed by atoms with Crippen LogP contribution >= 0.6 is 11.6 Å². The van der Waals surface area contributed by atoms with Gasteiger partial charge in [0.1, 0.15) is 18.2 Å². The van der Waals surface area contributed by atoms with E-state index < -0.39 is 0 Å². The zero-order valence-corrected chi connectivity index (χ0v) is 13.4. The number of aromatic nitrogens is 6. The van der Waals surface area contributed by atoms with Gasteiger partial charge in [0.15, 0.2) is 0 Å². The average Bonchev–Trinajstić information content (AvgIpc) is 3.19. The zero-order valence-electron chi connectivity index (χ0n) is 12.6. The van der Waals surface area contributed by atoms with Crippen LogP contribution in [0.5, 0.6) is 0 Å². The topological polar surface area (TPSA) is 61.4 Å². The van der Waals surface area contributed by atoms with Crippen LogP contribution in [0, 0.1) is 6.92 Å². The fourth-order valence-electron chi connectivity index (χ4n) is 2.78. The van der Waals surface area contributed by atoms with E-state index in [1.54, 1.807) is 15.7 Å². The van der Waals surface area contributed by atoms with E-state index in [0.717, 1.165) is 33.4 Å². The minimum Gasteiger partial charge on any atom is -0.248 e. The van der Waals surface area contributed by atoms with Gasteiger partial charge in [-0.2, -0.15) is 5.10 Å². The summed E-state index contributed by atoms with van der Waals surface area (Å²) in [5.74, 6) is 0. The Labute approximate surface area is 137 Å². The minimum atomic E-state index is 0.705. The first kappa shape index (κ1) is 13.9. The number of rotatable bonds is 2. The van der Waals surface area contributed by atoms with E-state index in [1.807, 2.05) is 38.2 Å². The molecule has 0 saturated carbocycles. The molecule has 114 valence electrons. The summed E-state index contributed by atoms with van der Waals surface area (Å²) >= 11 is 6.02. The molecule has 6 nitrogen and oxygen atoms in total. The lowest BCUT2D eigenvalue weighted by molar-refractivity contribution is 0.736. The van der Waals surface area contributed by atoms with Gasteiger partial charge in [-0.05, 0) is 30.7 Å². The Bertz CT molecular complexity index is 986. The highest BCUT2D eigenvalue weighted by Gasteiger charge is 2.17. The first-order valence-corrected chi connectivity index (χ1v) is 7.47. The van der Waals surface area contributed by atoms with E-state index in [2.05, 4.69) is 26.5 Å². The number of benzene rings is 2. The Kier molecular flexibility index (Phi) is 3.12. The summed E-state index contributed by atoms with van der Waals surface area (Å²) in [6.07, 6.45) is 3.20. The molecule has 0 atom stereocenters. The predicted octanol–water partition coefficient (Wildman–Crippen LogP) is 3.18. The van der Waals surface area contributed by atoms with Crippen LogP contribution < -0.4 is 0 Å². The van der Waals surface area contributed by atoms with E-state index in [4.69, 9.17) is 11.6 Å². The molecule has 0 bridgehead atoms. The number of hydrogen-bond donors (Lipinski definition) is 0. The normalized spacial score (nSPS) is 11.3. The molecule has 2 heterocycles. The number of halogens is 1. The summed E-state index contributed by atoms with van der Waals surface area (Å²) in [6, 6.07) is 9.81. The van der Waals surface area contributed by atoms with Crippen molar-refractivity contribution in [1.82, 2.24) is 29.8 Å². The van der Waals surface area contributed by atoms with Crippen LogP contribution in [0.1, 0.15) is 5.56 Å². The van der Waals surface area contributed by atoms with Crippen LogP contribution in [0.2, 0.25) is 5.02 Å². The van der Waals surface area contributed by atoms with Crippen molar-refractivity contribution in [2.75, 3.05) is 0 Å². The monoisotopic (exact) mass is 324 g/mol. The maximum absolute atomic E-state index is 6.02. The van der Waals surface area contributed by atoms with Crippen LogP contribution in [0.15, 0.2) is 43.0 Å². The third kappa shape index (κ3) is 2.19. The van der Waals surface area contributed by atoms with E-state index in [9.17, 15) is 0 Å². The molecule has 0 saturated heterocycles. The summed E-state index contributed by atoms with van der Waals surface area (Å²) < 4.78 is 3.53. The molecule has 0 N–H and O–H groups in total. The summed E-state index contributed by atoms with van der Waals surface area (Å²) in [6.45, 7) is 2.02. The molecule has 2 aromatic carbocycles. The molecule has 0 aliphatic carbocycles. The summed E-state index contributed by atoms with van der Waals surface area (Å²) in [5.41, 5.74) is 5.85. The Morgan fingerprint density at radius 2 is 1.91 bits per heavy atom. The van der Waals surface area contributed by atoms with Gasteiger partial charge in [0.2, 0.25) is 0 Å². The van der Waals surface area contributed by atoms with Crippen molar-refractivity contribution in [2.24, 2.45) is 7.05 Å². The van der Waals surface area contributed by atoms with Crippen molar-refractivity contribution < 1.29 is 0 Å². The first-order chi connectivity index (χ1) is 11.1. The van der Waals surface area contributed by atoms with Crippen molar-refractivity contribution in [1.29, 1.82) is 0 Å². The summed E-state index contributed by atoms with van der Waals surface area (Å²) in [5, 5.41) is 13.4. The average molecular weight is 325 g/mol. The standard InChI is InChI=1S/C16H13ClN6/c1-10-15-14(22(2)21-20-15)7-13(11-3-5-12(17)6-4-11)16(10)23-9-18-8-19-23/h3-9H,1-2H3. The van der Waals surface area contributed by atoms with E-state index in [-0.39, 0.29) is 0 Å². The van der Waals surface area contributed by atoms with Crippen LogP contribution in [0.4, 0.5) is 0 Å². The van der Waals surface area contributed by atoms with Gasteiger partial charge in [-0.25, -0.2) is 14.3 Å². The van der Waals surface area contributed by atoms with Gasteiger partial charge >= 0.3 is 0 Å². The summed E-state index contributed by atoms with van der Waals surface area (Å²) in [7, 11) is 1.88. The third-order valence-corrected chi connectivity index (χ3v) is 4.17. The molecule has 23 heavy (non-hydrogen) atoms. The molecule has 0 fully saturated rings. The van der Waals surface area contributed by atoms with Crippen LogP contribution in [-0.2, 0) is 7.05 Å². The number of aryl methyl sites for hydroxylation is 2. The highest BCUT2D eigenvalue weighted by molar-refractivity contribution is 6.30. The van der Waals surface area contributed by atoms with Crippen molar-refractivity contribution in [3.8, 4) is 16.8 Å². The van der Waals surface area contributed by atoms with Crippen molar-refractivity contribution in [3.63, 3.8) is 0 Å². The molecule has 4 rings (SSSR count). The molecule has 4 aromatic rings. The van der Waals surface area contributed by atoms with E-state index in [1.165, 1.54) is 6.33 Å². The second kappa shape index (κ2) is 5.17. The second-order valence-corrected chi connectivity index (χ2v) is 5.76. The van der Waals surface area contributed by atoms with Gasteiger partial charge in [0.05, 0.1) is 11.2 Å². The first-order valence-electron chi connectivity index (χ1n) is 7.09. The van der Waals surface area contributed by atoms with Gasteiger partial charge in [0, 0.05) is 23.2 Å². The maximum atomic E-state index is 6.02. The Morgan fingerprint density at radius 3 is 2.61 bits per heavy atom.